The minimum absolute atomic E-state index is 0.368. The zero-order valence-electron chi connectivity index (χ0n) is 15.9. The van der Waals surface area contributed by atoms with Gasteiger partial charge in [0.15, 0.2) is 0 Å². The Kier molecular flexibility index (Phi) is 8.36. The fourth-order valence-electron chi connectivity index (χ4n) is 2.33. The molecule has 0 fully saturated rings. The van der Waals surface area contributed by atoms with Crippen molar-refractivity contribution in [2.45, 2.75) is 39.5 Å². The Balaban J connectivity index is 1.88. The summed E-state index contributed by atoms with van der Waals surface area (Å²) in [5.41, 5.74) is 0.857. The summed E-state index contributed by atoms with van der Waals surface area (Å²) in [6.45, 7) is 5.13. The standard InChI is InChI=1S/C22H26O5/c1-3-5-6-16-25-19-11-7-18(8-12-19)22(24)27-20-13-9-17(10-14-20)21(23)26-15-4-2/h7-14H,3-6,15-16H2,1-2H3. The number of hydrogen-bond donors (Lipinski definition) is 0. The molecule has 0 aliphatic heterocycles. The second-order valence-corrected chi connectivity index (χ2v) is 6.13. The molecule has 2 aromatic rings. The van der Waals surface area contributed by atoms with Crippen molar-refractivity contribution in [1.82, 2.24) is 0 Å². The number of rotatable bonds is 10. The van der Waals surface area contributed by atoms with Crippen LogP contribution in [0, 0.1) is 0 Å². The van der Waals surface area contributed by atoms with Crippen LogP contribution in [0.1, 0.15) is 60.2 Å². The third-order valence-corrected chi connectivity index (χ3v) is 3.84. The van der Waals surface area contributed by atoms with Gasteiger partial charge in [-0.15, -0.1) is 0 Å². The molecule has 0 aromatic heterocycles. The number of benzene rings is 2. The third kappa shape index (κ3) is 6.77. The Morgan fingerprint density at radius 3 is 1.89 bits per heavy atom. The van der Waals surface area contributed by atoms with E-state index >= 15 is 0 Å². The van der Waals surface area contributed by atoms with Crippen molar-refractivity contribution in [1.29, 1.82) is 0 Å². The second kappa shape index (κ2) is 11.0. The number of carbonyl (C=O) groups is 2. The lowest BCUT2D eigenvalue weighted by Crippen LogP contribution is -2.09. The molecule has 0 radical (unpaired) electrons. The Morgan fingerprint density at radius 1 is 0.704 bits per heavy atom. The fourth-order valence-corrected chi connectivity index (χ4v) is 2.33. The first kappa shape index (κ1) is 20.5. The zero-order chi connectivity index (χ0) is 19.5. The van der Waals surface area contributed by atoms with Crippen LogP contribution in [0.4, 0.5) is 0 Å². The van der Waals surface area contributed by atoms with E-state index in [9.17, 15) is 9.59 Å². The number of unbranched alkanes of at least 4 members (excludes halogenated alkanes) is 2. The quantitative estimate of drug-likeness (QED) is 0.333. The molecule has 0 amide bonds. The highest BCUT2D eigenvalue weighted by molar-refractivity contribution is 5.92. The molecule has 2 rings (SSSR count). The highest BCUT2D eigenvalue weighted by Crippen LogP contribution is 2.17. The van der Waals surface area contributed by atoms with Gasteiger partial charge in [0.2, 0.25) is 0 Å². The molecule has 0 heterocycles. The van der Waals surface area contributed by atoms with Crippen LogP contribution >= 0.6 is 0 Å². The molecule has 0 saturated heterocycles. The molecule has 27 heavy (non-hydrogen) atoms. The largest absolute Gasteiger partial charge is 0.494 e. The van der Waals surface area contributed by atoms with E-state index in [0.29, 0.717) is 30.1 Å². The van der Waals surface area contributed by atoms with Crippen LogP contribution < -0.4 is 9.47 Å². The van der Waals surface area contributed by atoms with Gasteiger partial charge in [-0.1, -0.05) is 26.7 Å². The lowest BCUT2D eigenvalue weighted by Gasteiger charge is -2.08. The predicted molar refractivity (Wildman–Crippen MR) is 103 cm³/mol. The van der Waals surface area contributed by atoms with Crippen LogP contribution in [0.25, 0.3) is 0 Å². The van der Waals surface area contributed by atoms with E-state index in [1.165, 1.54) is 0 Å². The summed E-state index contributed by atoms with van der Waals surface area (Å²) in [5, 5.41) is 0. The molecule has 5 heteroatoms. The van der Waals surface area contributed by atoms with E-state index in [2.05, 4.69) is 6.92 Å². The zero-order valence-corrected chi connectivity index (χ0v) is 15.9. The van der Waals surface area contributed by atoms with E-state index in [1.54, 1.807) is 48.5 Å². The highest BCUT2D eigenvalue weighted by Gasteiger charge is 2.11. The Hall–Kier alpha value is -2.82. The Morgan fingerprint density at radius 2 is 1.30 bits per heavy atom. The number of esters is 2. The van der Waals surface area contributed by atoms with Crippen molar-refractivity contribution in [3.05, 3.63) is 59.7 Å². The highest BCUT2D eigenvalue weighted by atomic mass is 16.5. The molecule has 0 aliphatic carbocycles. The average molecular weight is 370 g/mol. The number of ether oxygens (including phenoxy) is 3. The monoisotopic (exact) mass is 370 g/mol. The predicted octanol–water partition coefficient (Wildman–Crippen LogP) is 5.04. The van der Waals surface area contributed by atoms with Crippen molar-refractivity contribution < 1.29 is 23.8 Å². The van der Waals surface area contributed by atoms with Crippen molar-refractivity contribution in [2.24, 2.45) is 0 Å². The Bertz CT molecular complexity index is 719. The minimum atomic E-state index is -0.464. The molecule has 0 unspecified atom stereocenters. The van der Waals surface area contributed by atoms with Gasteiger partial charge in [0, 0.05) is 0 Å². The van der Waals surface area contributed by atoms with Gasteiger partial charge in [-0.3, -0.25) is 0 Å². The van der Waals surface area contributed by atoms with E-state index in [0.717, 1.165) is 31.4 Å². The van der Waals surface area contributed by atoms with Gasteiger partial charge < -0.3 is 14.2 Å². The van der Waals surface area contributed by atoms with E-state index in [1.807, 2.05) is 6.92 Å². The lowest BCUT2D eigenvalue weighted by molar-refractivity contribution is 0.0505. The van der Waals surface area contributed by atoms with Gasteiger partial charge >= 0.3 is 11.9 Å². The summed E-state index contributed by atoms with van der Waals surface area (Å²) in [6.07, 6.45) is 4.07. The number of hydrogen-bond acceptors (Lipinski definition) is 5. The third-order valence-electron chi connectivity index (χ3n) is 3.84. The van der Waals surface area contributed by atoms with E-state index in [-0.39, 0.29) is 5.97 Å². The van der Waals surface area contributed by atoms with Crippen molar-refractivity contribution in [3.8, 4) is 11.5 Å². The van der Waals surface area contributed by atoms with Crippen LogP contribution in [-0.4, -0.2) is 25.2 Å². The van der Waals surface area contributed by atoms with Gasteiger partial charge in [-0.2, -0.15) is 0 Å². The summed E-state index contributed by atoms with van der Waals surface area (Å²) in [4.78, 5) is 24.0. The molecular weight excluding hydrogens is 344 g/mol. The SMILES string of the molecule is CCCCCOc1ccc(C(=O)Oc2ccc(C(=O)OCCC)cc2)cc1. The minimum Gasteiger partial charge on any atom is -0.494 e. The molecule has 0 aliphatic rings. The average Bonchev–Trinajstić information content (AvgIpc) is 2.70. The molecule has 2 aromatic carbocycles. The molecule has 0 bridgehead atoms. The summed E-state index contributed by atoms with van der Waals surface area (Å²) < 4.78 is 16.0. The van der Waals surface area contributed by atoms with Crippen LogP contribution in [0.5, 0.6) is 11.5 Å². The molecule has 5 nitrogen and oxygen atoms in total. The summed E-state index contributed by atoms with van der Waals surface area (Å²) in [7, 11) is 0. The van der Waals surface area contributed by atoms with E-state index < -0.39 is 5.97 Å². The maximum atomic E-state index is 12.2. The normalized spacial score (nSPS) is 10.3. The smallest absolute Gasteiger partial charge is 0.343 e. The molecule has 0 saturated carbocycles. The topological polar surface area (TPSA) is 61.8 Å². The van der Waals surface area contributed by atoms with E-state index in [4.69, 9.17) is 14.2 Å². The van der Waals surface area contributed by atoms with Crippen molar-refractivity contribution in [2.75, 3.05) is 13.2 Å². The first-order chi connectivity index (χ1) is 13.1. The maximum Gasteiger partial charge on any atom is 0.343 e. The first-order valence-corrected chi connectivity index (χ1v) is 9.36. The molecule has 144 valence electrons. The molecule has 0 spiro atoms. The van der Waals surface area contributed by atoms with Crippen LogP contribution in [-0.2, 0) is 4.74 Å². The first-order valence-electron chi connectivity index (χ1n) is 9.36. The molecule has 0 N–H and O–H groups in total. The van der Waals surface area contributed by atoms with Crippen molar-refractivity contribution >= 4 is 11.9 Å². The van der Waals surface area contributed by atoms with Crippen LogP contribution in [0.3, 0.4) is 0 Å². The number of carbonyl (C=O) groups excluding carboxylic acids is 2. The summed E-state index contributed by atoms with van der Waals surface area (Å²) in [5.74, 6) is 0.252. The maximum absolute atomic E-state index is 12.2. The lowest BCUT2D eigenvalue weighted by atomic mass is 10.2. The van der Waals surface area contributed by atoms with Crippen molar-refractivity contribution in [3.63, 3.8) is 0 Å². The van der Waals surface area contributed by atoms with Gasteiger partial charge in [-0.05, 0) is 61.4 Å². The van der Waals surface area contributed by atoms with Gasteiger partial charge in [-0.25, -0.2) is 9.59 Å². The van der Waals surface area contributed by atoms with Gasteiger partial charge in [0.25, 0.3) is 0 Å². The van der Waals surface area contributed by atoms with Crippen LogP contribution in [0.2, 0.25) is 0 Å². The molecule has 0 atom stereocenters. The second-order valence-electron chi connectivity index (χ2n) is 6.13. The van der Waals surface area contributed by atoms with Gasteiger partial charge in [0.1, 0.15) is 11.5 Å². The Labute approximate surface area is 160 Å². The van der Waals surface area contributed by atoms with Gasteiger partial charge in [0.05, 0.1) is 24.3 Å². The molecular formula is C22H26O5. The summed E-state index contributed by atoms with van der Waals surface area (Å²) in [6, 6.07) is 13.2. The fraction of sp³-hybridized carbons (Fsp3) is 0.364. The van der Waals surface area contributed by atoms with Crippen LogP contribution in [0.15, 0.2) is 48.5 Å². The summed E-state index contributed by atoms with van der Waals surface area (Å²) >= 11 is 0.